The third-order valence-corrected chi connectivity index (χ3v) is 5.15. The van der Waals surface area contributed by atoms with Gasteiger partial charge in [0.25, 0.3) is 0 Å². The van der Waals surface area contributed by atoms with Crippen molar-refractivity contribution in [3.8, 4) is 11.5 Å². The van der Waals surface area contributed by atoms with Crippen LogP contribution in [0.15, 0.2) is 38.8 Å². The zero-order chi connectivity index (χ0) is 16.4. The number of hydrogen-bond donors (Lipinski definition) is 0. The van der Waals surface area contributed by atoms with Crippen LogP contribution in [0.5, 0.6) is 11.5 Å². The second kappa shape index (κ2) is 6.72. The minimum absolute atomic E-state index is 0.0533. The first-order valence-corrected chi connectivity index (χ1v) is 8.70. The summed E-state index contributed by atoms with van der Waals surface area (Å²) in [4.78, 5) is 25.2. The molecule has 0 bridgehead atoms. The number of carbonyl (C=O) groups is 2. The molecule has 3 rings (SSSR count). The third-order valence-electron chi connectivity index (χ3n) is 3.02. The fourth-order valence-electron chi connectivity index (χ4n) is 2.05. The number of rotatable bonds is 4. The fraction of sp³-hybridized carbons (Fsp3) is 0.250. The van der Waals surface area contributed by atoms with Gasteiger partial charge in [0.05, 0.1) is 10.3 Å². The third kappa shape index (κ3) is 3.40. The number of ketones is 1. The van der Waals surface area contributed by atoms with Crippen molar-refractivity contribution in [1.29, 1.82) is 0 Å². The highest BCUT2D eigenvalue weighted by Gasteiger charge is 2.29. The molecule has 0 unspecified atom stereocenters. The molecule has 2 heterocycles. The lowest BCUT2D eigenvalue weighted by Crippen LogP contribution is -2.20. The number of Topliss-reactive ketones (excluding diaryl/α,β-unsaturated/α-hetero) is 1. The van der Waals surface area contributed by atoms with Crippen LogP contribution in [0, 0.1) is 0 Å². The van der Waals surface area contributed by atoms with Crippen molar-refractivity contribution in [2.75, 3.05) is 6.79 Å². The number of hydrogen-bond acceptors (Lipinski definition) is 7. The molecule has 0 saturated heterocycles. The molecule has 0 atom stereocenters. The Bertz CT molecular complexity index is 711. The Kier molecular flexibility index (Phi) is 4.68. The van der Waals surface area contributed by atoms with Crippen LogP contribution < -0.4 is 9.47 Å². The van der Waals surface area contributed by atoms with Gasteiger partial charge in [0.2, 0.25) is 12.6 Å². The van der Waals surface area contributed by atoms with Crippen molar-refractivity contribution in [2.24, 2.45) is 0 Å². The van der Waals surface area contributed by atoms with Crippen molar-refractivity contribution in [3.05, 3.63) is 44.4 Å². The van der Waals surface area contributed by atoms with Crippen molar-refractivity contribution < 1.29 is 23.8 Å². The Labute approximate surface area is 142 Å². The molecule has 2 aliphatic rings. The van der Waals surface area contributed by atoms with Gasteiger partial charge in [-0.05, 0) is 42.9 Å². The van der Waals surface area contributed by atoms with Gasteiger partial charge in [-0.15, -0.1) is 0 Å². The topological polar surface area (TPSA) is 61.8 Å². The number of thioether (sulfide) groups is 2. The van der Waals surface area contributed by atoms with E-state index >= 15 is 0 Å². The number of ether oxygens (including phenoxy) is 3. The largest absolute Gasteiger partial charge is 0.459 e. The molecule has 120 valence electrons. The van der Waals surface area contributed by atoms with Gasteiger partial charge >= 0.3 is 5.97 Å². The van der Waals surface area contributed by atoms with Crippen LogP contribution >= 0.6 is 23.5 Å². The van der Waals surface area contributed by atoms with Crippen LogP contribution in [0.2, 0.25) is 0 Å². The van der Waals surface area contributed by atoms with Gasteiger partial charge in [0.1, 0.15) is 5.57 Å². The summed E-state index contributed by atoms with van der Waals surface area (Å²) in [7, 11) is 0. The van der Waals surface area contributed by atoms with E-state index in [0.717, 1.165) is 0 Å². The van der Waals surface area contributed by atoms with Crippen molar-refractivity contribution in [1.82, 2.24) is 0 Å². The molecular formula is C16H14O5S2. The van der Waals surface area contributed by atoms with E-state index in [4.69, 9.17) is 14.2 Å². The van der Waals surface area contributed by atoms with Crippen LogP contribution in [0.4, 0.5) is 0 Å². The van der Waals surface area contributed by atoms with Crippen LogP contribution in [0.25, 0.3) is 0 Å². The first-order chi connectivity index (χ1) is 11.1. The second-order valence-corrected chi connectivity index (χ2v) is 7.11. The van der Waals surface area contributed by atoms with E-state index in [2.05, 4.69) is 0 Å². The SMILES string of the molecule is CC(C)OC(=O)C(C(=O)c1ccc2c(c1)OCO2)=C1SC=CS1. The summed E-state index contributed by atoms with van der Waals surface area (Å²) < 4.78 is 16.4. The van der Waals surface area contributed by atoms with Gasteiger partial charge in [-0.25, -0.2) is 4.79 Å². The minimum Gasteiger partial charge on any atom is -0.459 e. The molecule has 0 N–H and O–H groups in total. The normalized spacial score (nSPS) is 15.2. The van der Waals surface area contributed by atoms with Crippen LogP contribution in [-0.4, -0.2) is 24.6 Å². The monoisotopic (exact) mass is 350 g/mol. The predicted molar refractivity (Wildman–Crippen MR) is 89.5 cm³/mol. The van der Waals surface area contributed by atoms with E-state index in [1.807, 2.05) is 10.8 Å². The van der Waals surface area contributed by atoms with E-state index in [1.165, 1.54) is 23.5 Å². The van der Waals surface area contributed by atoms with Crippen LogP contribution in [0.3, 0.4) is 0 Å². The standard InChI is InChI=1S/C16H14O5S2/c1-9(2)21-15(18)13(16-22-5-6-23-16)14(17)10-3-4-11-12(7-10)20-8-19-11/h3-7,9H,8H2,1-2H3. The Balaban J connectivity index is 1.95. The highest BCUT2D eigenvalue weighted by atomic mass is 32.2. The maximum absolute atomic E-state index is 12.8. The zero-order valence-corrected chi connectivity index (χ0v) is 14.2. The zero-order valence-electron chi connectivity index (χ0n) is 12.5. The van der Waals surface area contributed by atoms with E-state index in [1.54, 1.807) is 32.0 Å². The van der Waals surface area contributed by atoms with Gasteiger partial charge in [0, 0.05) is 5.56 Å². The molecule has 0 amide bonds. The smallest absolute Gasteiger partial charge is 0.344 e. The quantitative estimate of drug-likeness (QED) is 0.270. The lowest BCUT2D eigenvalue weighted by molar-refractivity contribution is -0.142. The van der Waals surface area contributed by atoms with E-state index in [0.29, 0.717) is 21.3 Å². The summed E-state index contributed by atoms with van der Waals surface area (Å²) >= 11 is 2.68. The molecule has 1 aromatic carbocycles. The Morgan fingerprint density at radius 2 is 1.83 bits per heavy atom. The molecule has 0 fully saturated rings. The number of esters is 1. The molecule has 0 radical (unpaired) electrons. The van der Waals surface area contributed by atoms with Crippen molar-refractivity contribution >= 4 is 35.3 Å². The molecule has 0 saturated carbocycles. The molecule has 7 heteroatoms. The van der Waals surface area contributed by atoms with E-state index in [-0.39, 0.29) is 24.3 Å². The number of benzene rings is 1. The van der Waals surface area contributed by atoms with E-state index < -0.39 is 5.97 Å². The highest BCUT2D eigenvalue weighted by molar-refractivity contribution is 8.27. The molecule has 0 spiro atoms. The van der Waals surface area contributed by atoms with E-state index in [9.17, 15) is 9.59 Å². The van der Waals surface area contributed by atoms with Gasteiger partial charge < -0.3 is 14.2 Å². The average molecular weight is 350 g/mol. The number of fused-ring (bicyclic) bond motifs is 1. The summed E-state index contributed by atoms with van der Waals surface area (Å²) in [6.07, 6.45) is -0.299. The lowest BCUT2D eigenvalue weighted by atomic mass is 10.0. The van der Waals surface area contributed by atoms with Crippen molar-refractivity contribution in [3.63, 3.8) is 0 Å². The highest BCUT2D eigenvalue weighted by Crippen LogP contribution is 2.41. The molecule has 2 aliphatic heterocycles. The minimum atomic E-state index is -0.610. The molecule has 1 aromatic rings. The molecular weight excluding hydrogens is 336 g/mol. The van der Waals surface area contributed by atoms with Gasteiger partial charge in [-0.3, -0.25) is 4.79 Å². The fourth-order valence-corrected chi connectivity index (χ4v) is 3.88. The average Bonchev–Trinajstić information content (AvgIpc) is 3.16. The first kappa shape index (κ1) is 16.0. The summed E-state index contributed by atoms with van der Waals surface area (Å²) in [5.41, 5.74) is 0.420. The maximum atomic E-state index is 12.8. The Hall–Kier alpha value is -1.86. The van der Waals surface area contributed by atoms with Crippen molar-refractivity contribution in [2.45, 2.75) is 20.0 Å². The lowest BCUT2D eigenvalue weighted by Gasteiger charge is -2.12. The molecule has 0 aromatic heterocycles. The van der Waals surface area contributed by atoms with Crippen LogP contribution in [0.1, 0.15) is 24.2 Å². The number of carbonyl (C=O) groups excluding carboxylic acids is 2. The summed E-state index contributed by atoms with van der Waals surface area (Å²) in [6, 6.07) is 4.88. The molecule has 5 nitrogen and oxygen atoms in total. The van der Waals surface area contributed by atoms with Gasteiger partial charge in [-0.1, -0.05) is 23.5 Å². The van der Waals surface area contributed by atoms with Crippen LogP contribution in [-0.2, 0) is 9.53 Å². The Morgan fingerprint density at radius 1 is 1.13 bits per heavy atom. The van der Waals surface area contributed by atoms with Gasteiger partial charge in [-0.2, -0.15) is 0 Å². The first-order valence-electron chi connectivity index (χ1n) is 6.94. The maximum Gasteiger partial charge on any atom is 0.344 e. The molecule has 0 aliphatic carbocycles. The van der Waals surface area contributed by atoms with Gasteiger partial charge in [0.15, 0.2) is 11.5 Å². The summed E-state index contributed by atoms with van der Waals surface area (Å²) in [6.45, 7) is 3.63. The summed E-state index contributed by atoms with van der Waals surface area (Å²) in [5.74, 6) is 0.100. The Morgan fingerprint density at radius 3 is 2.52 bits per heavy atom. The summed E-state index contributed by atoms with van der Waals surface area (Å²) in [5, 5.41) is 3.66. The predicted octanol–water partition coefficient (Wildman–Crippen LogP) is 3.71. The molecule has 23 heavy (non-hydrogen) atoms. The second-order valence-electron chi connectivity index (χ2n) is 5.02.